The molecule has 1 aromatic carbocycles. The van der Waals surface area contributed by atoms with Crippen LogP contribution in [-0.4, -0.2) is 21.9 Å². The summed E-state index contributed by atoms with van der Waals surface area (Å²) in [5, 5.41) is 6.79. The highest BCUT2D eigenvalue weighted by Gasteiger charge is 2.19. The third-order valence-electron chi connectivity index (χ3n) is 2.64. The Kier molecular flexibility index (Phi) is 3.47. The zero-order valence-corrected chi connectivity index (χ0v) is 11.2. The van der Waals surface area contributed by atoms with E-state index in [1.807, 2.05) is 13.8 Å². The quantitative estimate of drug-likeness (QED) is 0.867. The van der Waals surface area contributed by atoms with Gasteiger partial charge in [-0.15, -0.1) is 0 Å². The summed E-state index contributed by atoms with van der Waals surface area (Å²) in [7, 11) is 1.50. The lowest BCUT2D eigenvalue weighted by molar-refractivity contribution is 0.412. The van der Waals surface area contributed by atoms with E-state index in [-0.39, 0.29) is 11.9 Å². The summed E-state index contributed by atoms with van der Waals surface area (Å²) in [6.45, 7) is 3.92. The van der Waals surface area contributed by atoms with Gasteiger partial charge in [-0.2, -0.15) is 5.10 Å². The molecule has 1 N–H and O–H groups in total. The molecule has 0 spiro atoms. The first-order valence-corrected chi connectivity index (χ1v) is 5.97. The summed E-state index contributed by atoms with van der Waals surface area (Å²) in [6, 6.07) is 4.75. The van der Waals surface area contributed by atoms with Crippen molar-refractivity contribution in [3.05, 3.63) is 28.8 Å². The molecule has 4 nitrogen and oxygen atoms in total. The topological polar surface area (TPSA) is 42.8 Å². The number of halogens is 1. The van der Waals surface area contributed by atoms with Gasteiger partial charge in [-0.3, -0.25) is 9.67 Å². The van der Waals surface area contributed by atoms with E-state index in [0.29, 0.717) is 21.9 Å². The van der Waals surface area contributed by atoms with Crippen LogP contribution in [0.5, 0.6) is 5.75 Å². The molecule has 0 fully saturated rings. The molecule has 0 aliphatic rings. The smallest absolute Gasteiger partial charge is 0.195 e. The minimum atomic E-state index is -0.384. The zero-order valence-electron chi connectivity index (χ0n) is 10.4. The van der Waals surface area contributed by atoms with Crippen molar-refractivity contribution >= 4 is 12.2 Å². The third kappa shape index (κ3) is 2.03. The first-order valence-electron chi connectivity index (χ1n) is 5.56. The van der Waals surface area contributed by atoms with Crippen LogP contribution in [-0.2, 0) is 0 Å². The van der Waals surface area contributed by atoms with E-state index in [2.05, 4.69) is 10.2 Å². The van der Waals surface area contributed by atoms with Crippen LogP contribution < -0.4 is 4.74 Å². The van der Waals surface area contributed by atoms with Crippen molar-refractivity contribution < 1.29 is 9.13 Å². The predicted octanol–water partition coefficient (Wildman–Crippen LogP) is 3.34. The van der Waals surface area contributed by atoms with E-state index in [1.54, 1.807) is 16.7 Å². The highest BCUT2D eigenvalue weighted by atomic mass is 32.1. The summed E-state index contributed by atoms with van der Waals surface area (Å²) < 4.78 is 21.4. The van der Waals surface area contributed by atoms with Gasteiger partial charge in [-0.1, -0.05) is 6.07 Å². The standard InChI is InChI=1S/C12H14FN3OS/c1-7(2)16-11(14-15-12(16)18)10-8(13)5-4-6-9(10)17-3/h4-7H,1-3H3,(H,15,18). The summed E-state index contributed by atoms with van der Waals surface area (Å²) in [5.74, 6) is 0.501. The van der Waals surface area contributed by atoms with E-state index < -0.39 is 0 Å². The van der Waals surface area contributed by atoms with E-state index in [0.717, 1.165) is 0 Å². The second-order valence-electron chi connectivity index (χ2n) is 4.13. The summed E-state index contributed by atoms with van der Waals surface area (Å²) in [4.78, 5) is 0. The van der Waals surface area contributed by atoms with Gasteiger partial charge in [0.1, 0.15) is 11.6 Å². The van der Waals surface area contributed by atoms with E-state index in [4.69, 9.17) is 17.0 Å². The van der Waals surface area contributed by atoms with Gasteiger partial charge < -0.3 is 4.74 Å². The monoisotopic (exact) mass is 267 g/mol. The zero-order chi connectivity index (χ0) is 13.3. The predicted molar refractivity (Wildman–Crippen MR) is 69.7 cm³/mol. The Balaban J connectivity index is 2.73. The molecule has 0 unspecified atom stereocenters. The van der Waals surface area contributed by atoms with Gasteiger partial charge in [0.25, 0.3) is 0 Å². The highest BCUT2D eigenvalue weighted by Crippen LogP contribution is 2.32. The molecule has 0 radical (unpaired) electrons. The van der Waals surface area contributed by atoms with Crippen molar-refractivity contribution in [1.29, 1.82) is 0 Å². The number of ether oxygens (including phenoxy) is 1. The number of hydrogen-bond donors (Lipinski definition) is 1. The Labute approximate surface area is 109 Å². The molecule has 0 bridgehead atoms. The summed E-state index contributed by atoms with van der Waals surface area (Å²) >= 11 is 5.15. The largest absolute Gasteiger partial charge is 0.496 e. The maximum atomic E-state index is 14.0. The van der Waals surface area contributed by atoms with E-state index >= 15 is 0 Å². The maximum Gasteiger partial charge on any atom is 0.195 e. The second-order valence-corrected chi connectivity index (χ2v) is 4.52. The van der Waals surface area contributed by atoms with Crippen LogP contribution in [0.4, 0.5) is 4.39 Å². The Bertz CT molecular complexity index is 618. The van der Waals surface area contributed by atoms with E-state index in [9.17, 15) is 4.39 Å². The van der Waals surface area contributed by atoms with Crippen LogP contribution >= 0.6 is 12.2 Å². The average molecular weight is 267 g/mol. The minimum absolute atomic E-state index is 0.0792. The third-order valence-corrected chi connectivity index (χ3v) is 2.93. The highest BCUT2D eigenvalue weighted by molar-refractivity contribution is 7.71. The average Bonchev–Trinajstić information content (AvgIpc) is 2.70. The lowest BCUT2D eigenvalue weighted by Crippen LogP contribution is -2.05. The van der Waals surface area contributed by atoms with E-state index in [1.165, 1.54) is 13.2 Å². The van der Waals surface area contributed by atoms with Crippen LogP contribution in [0.3, 0.4) is 0 Å². The van der Waals surface area contributed by atoms with Crippen molar-refractivity contribution in [2.75, 3.05) is 7.11 Å². The Morgan fingerprint density at radius 1 is 1.44 bits per heavy atom. The first-order chi connectivity index (χ1) is 8.56. The van der Waals surface area contributed by atoms with Crippen LogP contribution in [0.1, 0.15) is 19.9 Å². The molecule has 1 aromatic heterocycles. The number of rotatable bonds is 3. The molecule has 96 valence electrons. The van der Waals surface area contributed by atoms with Crippen LogP contribution in [0.2, 0.25) is 0 Å². The number of methoxy groups -OCH3 is 1. The van der Waals surface area contributed by atoms with Crippen molar-refractivity contribution in [1.82, 2.24) is 14.8 Å². The number of nitrogens with one attached hydrogen (secondary N) is 1. The fourth-order valence-electron chi connectivity index (χ4n) is 1.85. The molecule has 0 saturated carbocycles. The van der Waals surface area contributed by atoms with Crippen molar-refractivity contribution in [2.45, 2.75) is 19.9 Å². The summed E-state index contributed by atoms with van der Waals surface area (Å²) in [6.07, 6.45) is 0. The van der Waals surface area contributed by atoms with Gasteiger partial charge in [0.15, 0.2) is 10.6 Å². The number of nitrogens with zero attached hydrogens (tertiary/aromatic N) is 2. The summed E-state index contributed by atoms with van der Waals surface area (Å²) in [5.41, 5.74) is 0.320. The molecule has 1 heterocycles. The number of aromatic nitrogens is 3. The molecule has 2 aromatic rings. The number of benzene rings is 1. The molecular weight excluding hydrogens is 253 g/mol. The Morgan fingerprint density at radius 3 is 2.78 bits per heavy atom. The van der Waals surface area contributed by atoms with Crippen molar-refractivity contribution in [3.63, 3.8) is 0 Å². The van der Waals surface area contributed by atoms with Crippen LogP contribution in [0.15, 0.2) is 18.2 Å². The van der Waals surface area contributed by atoms with Crippen molar-refractivity contribution in [2.24, 2.45) is 0 Å². The van der Waals surface area contributed by atoms with Gasteiger partial charge in [-0.25, -0.2) is 4.39 Å². The fraction of sp³-hybridized carbons (Fsp3) is 0.333. The SMILES string of the molecule is COc1cccc(F)c1-c1n[nH]c(=S)n1C(C)C. The van der Waals surface area contributed by atoms with Gasteiger partial charge in [0.2, 0.25) is 0 Å². The Morgan fingerprint density at radius 2 is 2.17 bits per heavy atom. The molecular formula is C12H14FN3OS. The molecule has 0 saturated heterocycles. The Hall–Kier alpha value is -1.69. The van der Waals surface area contributed by atoms with Crippen molar-refractivity contribution in [3.8, 4) is 17.1 Å². The fourth-order valence-corrected chi connectivity index (χ4v) is 2.19. The van der Waals surface area contributed by atoms with Gasteiger partial charge in [0.05, 0.1) is 12.7 Å². The first kappa shape index (κ1) is 12.8. The molecule has 0 aliphatic heterocycles. The molecule has 0 atom stereocenters. The molecule has 18 heavy (non-hydrogen) atoms. The van der Waals surface area contributed by atoms with Crippen LogP contribution in [0, 0.1) is 10.6 Å². The minimum Gasteiger partial charge on any atom is -0.496 e. The molecule has 0 aliphatic carbocycles. The van der Waals surface area contributed by atoms with Crippen LogP contribution in [0.25, 0.3) is 11.4 Å². The lowest BCUT2D eigenvalue weighted by atomic mass is 10.1. The number of H-pyrrole nitrogens is 1. The number of hydrogen-bond acceptors (Lipinski definition) is 3. The second kappa shape index (κ2) is 4.89. The van der Waals surface area contributed by atoms with Gasteiger partial charge in [0, 0.05) is 6.04 Å². The normalized spacial score (nSPS) is 10.9. The molecule has 6 heteroatoms. The maximum absolute atomic E-state index is 14.0. The molecule has 0 amide bonds. The molecule has 2 rings (SSSR count). The van der Waals surface area contributed by atoms with Gasteiger partial charge >= 0.3 is 0 Å². The lowest BCUT2D eigenvalue weighted by Gasteiger charge is -2.13. The number of aromatic amines is 1. The van der Waals surface area contributed by atoms with Gasteiger partial charge in [-0.05, 0) is 38.2 Å².